The Hall–Kier alpha value is -2.29. The molecule has 0 aliphatic carbocycles. The van der Waals surface area contributed by atoms with Gasteiger partial charge < -0.3 is 4.90 Å². The van der Waals surface area contributed by atoms with Crippen LogP contribution < -0.4 is 4.90 Å². The molecule has 164 valence electrons. The summed E-state index contributed by atoms with van der Waals surface area (Å²) < 4.78 is 25.4. The monoisotopic (exact) mass is 456 g/mol. The van der Waals surface area contributed by atoms with E-state index in [0.717, 1.165) is 43.7 Å². The maximum atomic E-state index is 12.7. The summed E-state index contributed by atoms with van der Waals surface area (Å²) in [6, 6.07) is 12.7. The Morgan fingerprint density at radius 3 is 2.55 bits per heavy atom. The largest absolute Gasteiger partial charge is 0.370 e. The van der Waals surface area contributed by atoms with E-state index in [2.05, 4.69) is 57.1 Å². The Kier molecular flexibility index (Phi) is 6.69. The second-order valence-corrected chi connectivity index (χ2v) is 10.8. The summed E-state index contributed by atoms with van der Waals surface area (Å²) in [7, 11) is -1.41. The Balaban J connectivity index is 1.39. The van der Waals surface area contributed by atoms with Gasteiger partial charge in [0, 0.05) is 38.1 Å². The van der Waals surface area contributed by atoms with E-state index >= 15 is 0 Å². The molecule has 31 heavy (non-hydrogen) atoms. The highest BCUT2D eigenvalue weighted by Crippen LogP contribution is 2.27. The molecule has 0 bridgehead atoms. The third kappa shape index (κ3) is 5.31. The van der Waals surface area contributed by atoms with Crippen molar-refractivity contribution in [3.63, 3.8) is 0 Å². The van der Waals surface area contributed by atoms with Crippen LogP contribution in [-0.4, -0.2) is 49.5 Å². The molecule has 2 aromatic heterocycles. The predicted octanol–water partition coefficient (Wildman–Crippen LogP) is 3.92. The Labute approximate surface area is 188 Å². The summed E-state index contributed by atoms with van der Waals surface area (Å²) >= 11 is 1.40. The van der Waals surface area contributed by atoms with Gasteiger partial charge in [0.2, 0.25) is 9.84 Å². The van der Waals surface area contributed by atoms with Gasteiger partial charge in [-0.05, 0) is 37.0 Å². The lowest BCUT2D eigenvalue weighted by Crippen LogP contribution is -2.43. The zero-order chi connectivity index (χ0) is 21.8. The standard InChI is InChI=1S/C23H28N4O2S2/c1-18-12-23(31(28,29)16-20-15-30-17-25-20)24-13-22(18)26(2)21-8-10-27(11-9-21)14-19-6-4-3-5-7-19/h3-7,12-13,15,17,21H,8-11,14,16H2,1-2H3. The molecule has 4 rings (SSSR count). The van der Waals surface area contributed by atoms with Crippen LogP contribution in [0.5, 0.6) is 0 Å². The first-order valence-electron chi connectivity index (χ1n) is 10.5. The average molecular weight is 457 g/mol. The van der Waals surface area contributed by atoms with Gasteiger partial charge in [0.1, 0.15) is 0 Å². The first-order chi connectivity index (χ1) is 14.9. The molecule has 3 aromatic rings. The molecule has 0 saturated carbocycles. The molecule has 3 heterocycles. The number of hydrogen-bond donors (Lipinski definition) is 0. The number of sulfone groups is 1. The number of hydrogen-bond acceptors (Lipinski definition) is 7. The van der Waals surface area contributed by atoms with Crippen LogP contribution in [0.3, 0.4) is 0 Å². The predicted molar refractivity (Wildman–Crippen MR) is 125 cm³/mol. The van der Waals surface area contributed by atoms with E-state index in [1.165, 1.54) is 16.9 Å². The summed E-state index contributed by atoms with van der Waals surface area (Å²) in [6.45, 7) is 5.05. The molecule has 1 saturated heterocycles. The number of pyridine rings is 1. The van der Waals surface area contributed by atoms with Crippen LogP contribution in [-0.2, 0) is 22.1 Å². The first-order valence-corrected chi connectivity index (χ1v) is 13.1. The van der Waals surface area contributed by atoms with E-state index < -0.39 is 9.84 Å². The van der Waals surface area contributed by atoms with Gasteiger partial charge in [0.05, 0.1) is 28.8 Å². The van der Waals surface area contributed by atoms with Gasteiger partial charge in [0.15, 0.2) is 5.03 Å². The van der Waals surface area contributed by atoms with Crippen molar-refractivity contribution in [2.75, 3.05) is 25.0 Å². The highest BCUT2D eigenvalue weighted by Gasteiger charge is 2.25. The maximum absolute atomic E-state index is 12.7. The van der Waals surface area contributed by atoms with Crippen molar-refractivity contribution in [1.82, 2.24) is 14.9 Å². The van der Waals surface area contributed by atoms with Crippen molar-refractivity contribution in [2.24, 2.45) is 0 Å². The van der Waals surface area contributed by atoms with Crippen LogP contribution in [0.25, 0.3) is 0 Å². The molecule has 1 fully saturated rings. The van der Waals surface area contributed by atoms with Crippen molar-refractivity contribution < 1.29 is 8.42 Å². The molecule has 0 amide bonds. The molecular weight excluding hydrogens is 428 g/mol. The second kappa shape index (κ2) is 9.46. The molecular formula is C23H28N4O2S2. The molecule has 0 atom stereocenters. The minimum Gasteiger partial charge on any atom is -0.370 e. The topological polar surface area (TPSA) is 66.4 Å². The Morgan fingerprint density at radius 2 is 1.90 bits per heavy atom. The third-order valence-electron chi connectivity index (χ3n) is 5.93. The van der Waals surface area contributed by atoms with E-state index in [4.69, 9.17) is 0 Å². The molecule has 0 spiro atoms. The number of piperidine rings is 1. The molecule has 6 nitrogen and oxygen atoms in total. The molecule has 0 radical (unpaired) electrons. The zero-order valence-corrected chi connectivity index (χ0v) is 19.6. The summed E-state index contributed by atoms with van der Waals surface area (Å²) in [6.07, 6.45) is 3.86. The Morgan fingerprint density at radius 1 is 1.16 bits per heavy atom. The number of anilines is 1. The summed E-state index contributed by atoms with van der Waals surface area (Å²) in [4.78, 5) is 13.2. The number of nitrogens with zero attached hydrogens (tertiary/aromatic N) is 4. The third-order valence-corrected chi connectivity index (χ3v) is 8.10. The lowest BCUT2D eigenvalue weighted by atomic mass is 10.0. The van der Waals surface area contributed by atoms with Crippen LogP contribution in [0.1, 0.15) is 29.7 Å². The Bertz CT molecular complexity index is 1090. The summed E-state index contributed by atoms with van der Waals surface area (Å²) in [5.41, 5.74) is 5.49. The number of rotatable bonds is 7. The molecule has 0 unspecified atom stereocenters. The number of likely N-dealkylation sites (tertiary alicyclic amines) is 1. The molecule has 1 aliphatic rings. The highest BCUT2D eigenvalue weighted by molar-refractivity contribution is 7.90. The minimum absolute atomic E-state index is 0.113. The molecule has 0 N–H and O–H groups in total. The fraction of sp³-hybridized carbons (Fsp3) is 0.391. The number of aromatic nitrogens is 2. The van der Waals surface area contributed by atoms with Gasteiger partial charge in [-0.15, -0.1) is 11.3 Å². The van der Waals surface area contributed by atoms with Crippen molar-refractivity contribution in [3.05, 3.63) is 70.3 Å². The maximum Gasteiger partial charge on any atom is 0.201 e. The van der Waals surface area contributed by atoms with Gasteiger partial charge in [0.25, 0.3) is 0 Å². The van der Waals surface area contributed by atoms with Gasteiger partial charge in [-0.1, -0.05) is 30.3 Å². The van der Waals surface area contributed by atoms with Crippen molar-refractivity contribution in [1.29, 1.82) is 0 Å². The van der Waals surface area contributed by atoms with Crippen LogP contribution in [0.15, 0.2) is 58.5 Å². The summed E-state index contributed by atoms with van der Waals surface area (Å²) in [5.74, 6) is -0.113. The van der Waals surface area contributed by atoms with Gasteiger partial charge in [-0.3, -0.25) is 4.90 Å². The molecule has 1 aromatic carbocycles. The van der Waals surface area contributed by atoms with Crippen LogP contribution >= 0.6 is 11.3 Å². The lowest BCUT2D eigenvalue weighted by molar-refractivity contribution is 0.203. The van der Waals surface area contributed by atoms with Crippen LogP contribution in [0.4, 0.5) is 5.69 Å². The van der Waals surface area contributed by atoms with Crippen LogP contribution in [0.2, 0.25) is 0 Å². The normalized spacial score (nSPS) is 15.8. The fourth-order valence-electron chi connectivity index (χ4n) is 4.14. The number of aryl methyl sites for hydroxylation is 1. The smallest absolute Gasteiger partial charge is 0.201 e. The summed E-state index contributed by atoms with van der Waals surface area (Å²) in [5, 5.41) is 1.88. The van der Waals surface area contributed by atoms with E-state index in [-0.39, 0.29) is 10.8 Å². The van der Waals surface area contributed by atoms with Crippen molar-refractivity contribution >= 4 is 26.9 Å². The van der Waals surface area contributed by atoms with Crippen molar-refractivity contribution in [3.8, 4) is 0 Å². The number of thiazole rings is 1. The minimum atomic E-state index is -3.50. The second-order valence-electron chi connectivity index (χ2n) is 8.15. The van der Waals surface area contributed by atoms with Crippen molar-refractivity contribution in [2.45, 2.75) is 43.1 Å². The van der Waals surface area contributed by atoms with Gasteiger partial charge >= 0.3 is 0 Å². The SMILES string of the molecule is Cc1cc(S(=O)(=O)Cc2cscn2)ncc1N(C)C1CCN(Cc2ccccc2)CC1. The van der Waals surface area contributed by atoms with E-state index in [9.17, 15) is 8.42 Å². The van der Waals surface area contributed by atoms with Gasteiger partial charge in [-0.25, -0.2) is 18.4 Å². The number of benzene rings is 1. The fourth-order valence-corrected chi connectivity index (χ4v) is 6.07. The van der Waals surface area contributed by atoms with E-state index in [0.29, 0.717) is 11.7 Å². The first kappa shape index (κ1) is 21.9. The molecule has 8 heteroatoms. The van der Waals surface area contributed by atoms with Crippen LogP contribution in [0, 0.1) is 6.92 Å². The molecule has 1 aliphatic heterocycles. The van der Waals surface area contributed by atoms with E-state index in [1.54, 1.807) is 23.2 Å². The average Bonchev–Trinajstić information content (AvgIpc) is 3.27. The zero-order valence-electron chi connectivity index (χ0n) is 17.9. The lowest BCUT2D eigenvalue weighted by Gasteiger charge is -2.38. The van der Waals surface area contributed by atoms with E-state index in [1.807, 2.05) is 6.92 Å². The van der Waals surface area contributed by atoms with Gasteiger partial charge in [-0.2, -0.15) is 0 Å². The highest BCUT2D eigenvalue weighted by atomic mass is 32.2. The quantitative estimate of drug-likeness (QED) is 0.537.